The van der Waals surface area contributed by atoms with Gasteiger partial charge in [-0.25, -0.2) is 0 Å². The normalized spacial score (nSPS) is 36.4. The molecule has 0 aromatic heterocycles. The largest absolute Gasteiger partial charge is 0.381 e. The van der Waals surface area contributed by atoms with Gasteiger partial charge in [0.2, 0.25) is 0 Å². The Kier molecular flexibility index (Phi) is 6.10. The van der Waals surface area contributed by atoms with E-state index >= 15 is 0 Å². The lowest BCUT2D eigenvalue weighted by Crippen LogP contribution is -2.52. The summed E-state index contributed by atoms with van der Waals surface area (Å²) in [7, 11) is 1.84. The first-order valence-corrected chi connectivity index (χ1v) is 8.94. The lowest BCUT2D eigenvalue weighted by atomic mass is 9.76. The summed E-state index contributed by atoms with van der Waals surface area (Å²) >= 11 is 0. The SMILES string of the molecule is COC1CCN(C2CCCC(C(C)(C)C)CC2)C(CN)C1. The first-order valence-electron chi connectivity index (χ1n) is 8.94. The van der Waals surface area contributed by atoms with Crippen LogP contribution in [0.15, 0.2) is 0 Å². The molecule has 0 aromatic carbocycles. The number of hydrogen-bond acceptors (Lipinski definition) is 3. The predicted octanol–water partition coefficient (Wildman–Crippen LogP) is 3.42. The topological polar surface area (TPSA) is 38.5 Å². The molecule has 2 fully saturated rings. The van der Waals surface area contributed by atoms with Crippen LogP contribution in [-0.2, 0) is 4.74 Å². The molecule has 1 saturated heterocycles. The number of ether oxygens (including phenoxy) is 1. The zero-order chi connectivity index (χ0) is 15.5. The average molecular weight is 296 g/mol. The Labute approximate surface area is 131 Å². The van der Waals surface area contributed by atoms with Crippen LogP contribution in [0.3, 0.4) is 0 Å². The number of nitrogens with zero attached hydrogens (tertiary/aromatic N) is 1. The molecule has 0 spiro atoms. The van der Waals surface area contributed by atoms with Crippen molar-refractivity contribution in [2.75, 3.05) is 20.2 Å². The standard InChI is InChI=1S/C18H36N2O/c1-18(2,3)14-6-5-7-15(9-8-14)20-11-10-17(21-4)12-16(20)13-19/h14-17H,5-13,19H2,1-4H3. The van der Waals surface area contributed by atoms with Crippen molar-refractivity contribution in [1.82, 2.24) is 4.90 Å². The van der Waals surface area contributed by atoms with E-state index in [4.69, 9.17) is 10.5 Å². The maximum atomic E-state index is 6.06. The Balaban J connectivity index is 1.95. The van der Waals surface area contributed by atoms with Crippen LogP contribution in [0.4, 0.5) is 0 Å². The van der Waals surface area contributed by atoms with Gasteiger partial charge in [-0.3, -0.25) is 4.90 Å². The summed E-state index contributed by atoms with van der Waals surface area (Å²) in [5.74, 6) is 0.885. The molecule has 0 radical (unpaired) electrons. The van der Waals surface area contributed by atoms with Crippen molar-refractivity contribution in [3.63, 3.8) is 0 Å². The smallest absolute Gasteiger partial charge is 0.0599 e. The van der Waals surface area contributed by atoms with E-state index < -0.39 is 0 Å². The fourth-order valence-electron chi connectivity index (χ4n) is 4.44. The van der Waals surface area contributed by atoms with Crippen LogP contribution in [0, 0.1) is 11.3 Å². The minimum absolute atomic E-state index is 0.419. The maximum Gasteiger partial charge on any atom is 0.0599 e. The Bertz CT molecular complexity index is 313. The quantitative estimate of drug-likeness (QED) is 0.811. The number of likely N-dealkylation sites (tertiary alicyclic amines) is 1. The van der Waals surface area contributed by atoms with E-state index in [1.54, 1.807) is 0 Å². The summed E-state index contributed by atoms with van der Waals surface area (Å²) in [4.78, 5) is 2.72. The van der Waals surface area contributed by atoms with E-state index in [0.29, 0.717) is 17.6 Å². The molecule has 3 heteroatoms. The number of nitrogens with two attached hydrogens (primary N) is 1. The molecule has 0 amide bonds. The van der Waals surface area contributed by atoms with Crippen LogP contribution in [0.5, 0.6) is 0 Å². The molecule has 0 bridgehead atoms. The highest BCUT2D eigenvalue weighted by Crippen LogP contribution is 2.38. The Morgan fingerprint density at radius 2 is 1.86 bits per heavy atom. The van der Waals surface area contributed by atoms with Crippen LogP contribution in [0.2, 0.25) is 0 Å². The summed E-state index contributed by atoms with van der Waals surface area (Å²) in [5.41, 5.74) is 6.52. The highest BCUT2D eigenvalue weighted by molar-refractivity contribution is 4.89. The zero-order valence-corrected chi connectivity index (χ0v) is 14.6. The third kappa shape index (κ3) is 4.43. The van der Waals surface area contributed by atoms with Crippen molar-refractivity contribution in [1.29, 1.82) is 0 Å². The van der Waals surface area contributed by atoms with Gasteiger partial charge in [-0.05, 0) is 49.9 Å². The van der Waals surface area contributed by atoms with Crippen molar-refractivity contribution in [2.45, 2.75) is 83.9 Å². The molecule has 4 atom stereocenters. The van der Waals surface area contributed by atoms with Crippen molar-refractivity contribution >= 4 is 0 Å². The second-order valence-corrected chi connectivity index (χ2v) is 8.23. The van der Waals surface area contributed by atoms with Gasteiger partial charge in [-0.1, -0.05) is 27.2 Å². The molecular weight excluding hydrogens is 260 g/mol. The molecule has 0 aromatic rings. The highest BCUT2D eigenvalue weighted by Gasteiger charge is 2.35. The van der Waals surface area contributed by atoms with E-state index in [-0.39, 0.29) is 0 Å². The first kappa shape index (κ1) is 17.2. The van der Waals surface area contributed by atoms with Crippen LogP contribution >= 0.6 is 0 Å². The Morgan fingerprint density at radius 3 is 2.48 bits per heavy atom. The molecule has 1 saturated carbocycles. The highest BCUT2D eigenvalue weighted by atomic mass is 16.5. The second kappa shape index (κ2) is 7.43. The lowest BCUT2D eigenvalue weighted by molar-refractivity contribution is -0.00729. The van der Waals surface area contributed by atoms with E-state index in [1.807, 2.05) is 7.11 Å². The van der Waals surface area contributed by atoms with Crippen LogP contribution in [-0.4, -0.2) is 43.3 Å². The van der Waals surface area contributed by atoms with Crippen molar-refractivity contribution < 1.29 is 4.74 Å². The fraction of sp³-hybridized carbons (Fsp3) is 1.00. The number of piperidine rings is 1. The van der Waals surface area contributed by atoms with Gasteiger partial charge in [0.1, 0.15) is 0 Å². The summed E-state index contributed by atoms with van der Waals surface area (Å²) in [6.45, 7) is 9.17. The maximum absolute atomic E-state index is 6.06. The summed E-state index contributed by atoms with van der Waals surface area (Å²) in [5, 5.41) is 0. The van der Waals surface area contributed by atoms with Gasteiger partial charge in [-0.15, -0.1) is 0 Å². The first-order chi connectivity index (χ1) is 9.95. The summed E-state index contributed by atoms with van der Waals surface area (Å²) in [6, 6.07) is 1.28. The minimum Gasteiger partial charge on any atom is -0.381 e. The molecule has 1 heterocycles. The summed E-state index contributed by atoms with van der Waals surface area (Å²) in [6.07, 6.45) is 9.60. The third-order valence-corrected chi connectivity index (χ3v) is 5.95. The van der Waals surface area contributed by atoms with Crippen molar-refractivity contribution in [2.24, 2.45) is 17.1 Å². The average Bonchev–Trinajstić information content (AvgIpc) is 2.72. The Hall–Kier alpha value is -0.120. The van der Waals surface area contributed by atoms with Crippen LogP contribution in [0.1, 0.15) is 65.7 Å². The van der Waals surface area contributed by atoms with Gasteiger partial charge in [0.05, 0.1) is 6.10 Å². The molecule has 4 unspecified atom stereocenters. The van der Waals surface area contributed by atoms with E-state index in [0.717, 1.165) is 24.9 Å². The van der Waals surface area contributed by atoms with E-state index in [2.05, 4.69) is 25.7 Å². The molecule has 3 nitrogen and oxygen atoms in total. The predicted molar refractivity (Wildman–Crippen MR) is 89.4 cm³/mol. The van der Waals surface area contributed by atoms with E-state index in [9.17, 15) is 0 Å². The molecule has 2 rings (SSSR count). The van der Waals surface area contributed by atoms with Gasteiger partial charge in [-0.2, -0.15) is 0 Å². The molecule has 1 aliphatic carbocycles. The van der Waals surface area contributed by atoms with Crippen LogP contribution < -0.4 is 5.73 Å². The zero-order valence-electron chi connectivity index (χ0n) is 14.6. The monoisotopic (exact) mass is 296 g/mol. The summed E-state index contributed by atoms with van der Waals surface area (Å²) < 4.78 is 5.56. The van der Waals surface area contributed by atoms with Crippen LogP contribution in [0.25, 0.3) is 0 Å². The molecule has 1 aliphatic heterocycles. The van der Waals surface area contributed by atoms with Gasteiger partial charge >= 0.3 is 0 Å². The number of rotatable bonds is 3. The van der Waals surface area contributed by atoms with Crippen molar-refractivity contribution in [3.05, 3.63) is 0 Å². The molecule has 21 heavy (non-hydrogen) atoms. The third-order valence-electron chi connectivity index (χ3n) is 5.95. The molecular formula is C18H36N2O. The number of hydrogen-bond donors (Lipinski definition) is 1. The lowest BCUT2D eigenvalue weighted by Gasteiger charge is -2.43. The minimum atomic E-state index is 0.419. The van der Waals surface area contributed by atoms with Gasteiger partial charge in [0, 0.05) is 32.3 Å². The molecule has 124 valence electrons. The number of methoxy groups -OCH3 is 1. The van der Waals surface area contributed by atoms with E-state index in [1.165, 1.54) is 45.1 Å². The molecule has 2 aliphatic rings. The molecule has 2 N–H and O–H groups in total. The van der Waals surface area contributed by atoms with Crippen molar-refractivity contribution in [3.8, 4) is 0 Å². The van der Waals surface area contributed by atoms with Gasteiger partial charge in [0.15, 0.2) is 0 Å². The second-order valence-electron chi connectivity index (χ2n) is 8.23. The Morgan fingerprint density at radius 1 is 1.10 bits per heavy atom. The fourth-order valence-corrected chi connectivity index (χ4v) is 4.44. The van der Waals surface area contributed by atoms with Gasteiger partial charge < -0.3 is 10.5 Å². The van der Waals surface area contributed by atoms with Gasteiger partial charge in [0.25, 0.3) is 0 Å².